The lowest BCUT2D eigenvalue weighted by Crippen LogP contribution is -2.12. The number of hydrogen-bond donors (Lipinski definition) is 3. The molecule has 1 amide bonds. The monoisotopic (exact) mass is 297 g/mol. The zero-order chi connectivity index (χ0) is 15.5. The Labute approximate surface area is 125 Å². The van der Waals surface area contributed by atoms with Crippen LogP contribution in [-0.2, 0) is 0 Å². The van der Waals surface area contributed by atoms with E-state index in [1.165, 1.54) is 30.6 Å². The highest BCUT2D eigenvalue weighted by molar-refractivity contribution is 6.09. The highest BCUT2D eigenvalue weighted by atomic mass is 19.1. The maximum absolute atomic E-state index is 13.0. The lowest BCUT2D eigenvalue weighted by atomic mass is 10.0. The topological polar surface area (TPSA) is 78.0 Å². The van der Waals surface area contributed by atoms with E-state index in [0.29, 0.717) is 16.7 Å². The van der Waals surface area contributed by atoms with Gasteiger partial charge >= 0.3 is 0 Å². The predicted octanol–water partition coefficient (Wildman–Crippen LogP) is 3.17. The Hall–Kier alpha value is -3.15. The molecule has 2 heterocycles. The Morgan fingerprint density at radius 1 is 1.18 bits per heavy atom. The summed E-state index contributed by atoms with van der Waals surface area (Å²) in [7, 11) is 0. The number of hydrogen-bond acceptors (Lipinski definition) is 3. The van der Waals surface area contributed by atoms with E-state index in [4.69, 9.17) is 0 Å². The lowest BCUT2D eigenvalue weighted by molar-refractivity contribution is 0.102. The second-order valence-electron chi connectivity index (χ2n) is 4.64. The molecule has 0 radical (unpaired) electrons. The molecule has 5 nitrogen and oxygen atoms in total. The van der Waals surface area contributed by atoms with Gasteiger partial charge in [-0.2, -0.15) is 0 Å². The van der Waals surface area contributed by atoms with E-state index in [1.807, 2.05) is 0 Å². The number of rotatable bonds is 3. The number of aromatic hydroxyl groups is 1. The number of aromatic nitrogens is 2. The zero-order valence-electron chi connectivity index (χ0n) is 11.4. The number of nitrogens with one attached hydrogen (secondary N) is 2. The van der Waals surface area contributed by atoms with Crippen LogP contribution in [0.5, 0.6) is 5.75 Å². The standard InChI is InChI=1S/C16H12FN3O2/c17-11-3-1-10(2-4-11)12-7-19-8-13(12)16(22)20-14-5-6-18-9-15(14)21/h1-9,19,21H,(H,18,20,22). The molecule has 0 fully saturated rings. The number of anilines is 1. The number of aromatic amines is 1. The summed E-state index contributed by atoms with van der Waals surface area (Å²) in [5, 5.41) is 12.3. The van der Waals surface area contributed by atoms with E-state index in [0.717, 1.165) is 0 Å². The Morgan fingerprint density at radius 3 is 2.68 bits per heavy atom. The number of nitrogens with zero attached hydrogens (tertiary/aromatic N) is 1. The van der Waals surface area contributed by atoms with Gasteiger partial charge in [-0.25, -0.2) is 4.39 Å². The van der Waals surface area contributed by atoms with Crippen LogP contribution in [0.4, 0.5) is 10.1 Å². The highest BCUT2D eigenvalue weighted by Crippen LogP contribution is 2.26. The number of carbonyl (C=O) groups is 1. The molecule has 2 aromatic heterocycles. The van der Waals surface area contributed by atoms with Gasteiger partial charge in [-0.3, -0.25) is 9.78 Å². The van der Waals surface area contributed by atoms with Crippen molar-refractivity contribution in [1.82, 2.24) is 9.97 Å². The summed E-state index contributed by atoms with van der Waals surface area (Å²) in [6, 6.07) is 7.35. The van der Waals surface area contributed by atoms with Gasteiger partial charge in [0, 0.05) is 24.2 Å². The van der Waals surface area contributed by atoms with Crippen LogP contribution in [-0.4, -0.2) is 21.0 Å². The van der Waals surface area contributed by atoms with Crippen molar-refractivity contribution in [2.24, 2.45) is 0 Å². The molecule has 6 heteroatoms. The summed E-state index contributed by atoms with van der Waals surface area (Å²) in [5.74, 6) is -0.844. The molecule has 0 spiro atoms. The Bertz CT molecular complexity index is 812. The largest absolute Gasteiger partial charge is 0.504 e. The fourth-order valence-electron chi connectivity index (χ4n) is 2.10. The SMILES string of the molecule is O=C(Nc1ccncc1O)c1c[nH]cc1-c1ccc(F)cc1. The minimum atomic E-state index is -0.387. The highest BCUT2D eigenvalue weighted by Gasteiger charge is 2.15. The van der Waals surface area contributed by atoms with E-state index in [-0.39, 0.29) is 23.2 Å². The van der Waals surface area contributed by atoms with E-state index in [1.54, 1.807) is 24.5 Å². The van der Waals surface area contributed by atoms with Crippen molar-refractivity contribution in [3.8, 4) is 16.9 Å². The second kappa shape index (κ2) is 5.69. The summed E-state index contributed by atoms with van der Waals surface area (Å²) < 4.78 is 13.0. The molecule has 3 rings (SSSR count). The van der Waals surface area contributed by atoms with E-state index >= 15 is 0 Å². The Balaban J connectivity index is 1.90. The molecule has 0 saturated carbocycles. The first-order chi connectivity index (χ1) is 10.6. The third-order valence-electron chi connectivity index (χ3n) is 3.19. The van der Waals surface area contributed by atoms with Crippen LogP contribution in [0.15, 0.2) is 55.1 Å². The molecule has 0 aliphatic rings. The predicted molar refractivity (Wildman–Crippen MR) is 80.0 cm³/mol. The first kappa shape index (κ1) is 13.8. The van der Waals surface area contributed by atoms with Crippen LogP contribution in [0.1, 0.15) is 10.4 Å². The molecule has 0 unspecified atom stereocenters. The van der Waals surface area contributed by atoms with Gasteiger partial charge in [-0.15, -0.1) is 0 Å². The van der Waals surface area contributed by atoms with E-state index in [2.05, 4.69) is 15.3 Å². The smallest absolute Gasteiger partial charge is 0.257 e. The number of amides is 1. The molecule has 3 aromatic rings. The Morgan fingerprint density at radius 2 is 1.95 bits per heavy atom. The van der Waals surface area contributed by atoms with Gasteiger partial charge in [0.05, 0.1) is 17.4 Å². The number of pyridine rings is 1. The minimum absolute atomic E-state index is 0.116. The molecule has 22 heavy (non-hydrogen) atoms. The maximum atomic E-state index is 13.0. The maximum Gasteiger partial charge on any atom is 0.257 e. The van der Waals surface area contributed by atoms with Gasteiger partial charge in [0.1, 0.15) is 5.82 Å². The van der Waals surface area contributed by atoms with Crippen LogP contribution in [0.3, 0.4) is 0 Å². The molecule has 1 aromatic carbocycles. The number of benzene rings is 1. The van der Waals surface area contributed by atoms with E-state index < -0.39 is 0 Å². The average molecular weight is 297 g/mol. The third-order valence-corrected chi connectivity index (χ3v) is 3.19. The fourth-order valence-corrected chi connectivity index (χ4v) is 2.10. The van der Waals surface area contributed by atoms with Crippen molar-refractivity contribution >= 4 is 11.6 Å². The zero-order valence-corrected chi connectivity index (χ0v) is 11.4. The number of halogens is 1. The van der Waals surface area contributed by atoms with Gasteiger partial charge in [-0.1, -0.05) is 12.1 Å². The van der Waals surface area contributed by atoms with Gasteiger partial charge in [0.15, 0.2) is 5.75 Å². The quantitative estimate of drug-likeness (QED) is 0.695. The summed E-state index contributed by atoms with van der Waals surface area (Å²) >= 11 is 0. The summed E-state index contributed by atoms with van der Waals surface area (Å²) in [6.07, 6.45) is 5.92. The van der Waals surface area contributed by atoms with Crippen molar-refractivity contribution in [3.05, 3.63) is 66.5 Å². The third kappa shape index (κ3) is 2.67. The van der Waals surface area contributed by atoms with E-state index in [9.17, 15) is 14.3 Å². The first-order valence-electron chi connectivity index (χ1n) is 6.52. The number of H-pyrrole nitrogens is 1. The number of carbonyl (C=O) groups excluding carboxylic acids is 1. The molecule has 3 N–H and O–H groups in total. The van der Waals surface area contributed by atoms with Crippen molar-refractivity contribution in [2.45, 2.75) is 0 Å². The van der Waals surface area contributed by atoms with Gasteiger partial charge in [0.2, 0.25) is 0 Å². The minimum Gasteiger partial charge on any atom is -0.504 e. The molecule has 110 valence electrons. The summed E-state index contributed by atoms with van der Waals surface area (Å²) in [5.41, 5.74) is 2.02. The van der Waals surface area contributed by atoms with Crippen molar-refractivity contribution < 1.29 is 14.3 Å². The van der Waals surface area contributed by atoms with Gasteiger partial charge in [-0.05, 0) is 23.8 Å². The Kier molecular flexibility index (Phi) is 3.57. The van der Waals surface area contributed by atoms with Gasteiger partial charge in [0.25, 0.3) is 5.91 Å². The van der Waals surface area contributed by atoms with Crippen molar-refractivity contribution in [3.63, 3.8) is 0 Å². The van der Waals surface area contributed by atoms with Crippen LogP contribution in [0.25, 0.3) is 11.1 Å². The van der Waals surface area contributed by atoms with Crippen molar-refractivity contribution in [1.29, 1.82) is 0 Å². The average Bonchev–Trinajstić information content (AvgIpc) is 3.00. The summed E-state index contributed by atoms with van der Waals surface area (Å²) in [4.78, 5) is 19.0. The molecule has 0 atom stereocenters. The summed E-state index contributed by atoms with van der Waals surface area (Å²) in [6.45, 7) is 0. The van der Waals surface area contributed by atoms with Crippen molar-refractivity contribution in [2.75, 3.05) is 5.32 Å². The fraction of sp³-hybridized carbons (Fsp3) is 0. The molecule has 0 bridgehead atoms. The lowest BCUT2D eigenvalue weighted by Gasteiger charge is -2.07. The molecular formula is C16H12FN3O2. The molecule has 0 saturated heterocycles. The molecule has 0 aliphatic carbocycles. The molecule has 0 aliphatic heterocycles. The van der Waals surface area contributed by atoms with Gasteiger partial charge < -0.3 is 15.4 Å². The molecular weight excluding hydrogens is 285 g/mol. The van der Waals surface area contributed by atoms with Crippen LogP contribution >= 0.6 is 0 Å². The first-order valence-corrected chi connectivity index (χ1v) is 6.52. The normalized spacial score (nSPS) is 10.4. The van der Waals surface area contributed by atoms with Crippen LogP contribution in [0.2, 0.25) is 0 Å². The van der Waals surface area contributed by atoms with Crippen LogP contribution < -0.4 is 5.32 Å². The van der Waals surface area contributed by atoms with Crippen LogP contribution in [0, 0.1) is 5.82 Å². The second-order valence-corrected chi connectivity index (χ2v) is 4.64.